The van der Waals surface area contributed by atoms with Crippen LogP contribution in [-0.2, 0) is 4.79 Å². The first-order valence-corrected chi connectivity index (χ1v) is 9.08. The third kappa shape index (κ3) is 3.87. The van der Waals surface area contributed by atoms with Gasteiger partial charge in [-0.25, -0.2) is 9.38 Å². The van der Waals surface area contributed by atoms with Crippen molar-refractivity contribution in [2.75, 3.05) is 0 Å². The molecular weight excluding hydrogens is 377 g/mol. The molecule has 2 aromatic carbocycles. The van der Waals surface area contributed by atoms with E-state index in [2.05, 4.69) is 16.4 Å². The zero-order chi connectivity index (χ0) is 19.5. The second-order valence-electron chi connectivity index (χ2n) is 5.85. The Morgan fingerprint density at radius 2 is 1.82 bits per heavy atom. The number of rotatable bonds is 3. The molecule has 0 radical (unpaired) electrons. The summed E-state index contributed by atoms with van der Waals surface area (Å²) in [5.41, 5.74) is 1.96. The second-order valence-corrected chi connectivity index (χ2v) is 6.88. The molecule has 7 heteroatoms. The van der Waals surface area contributed by atoms with Crippen LogP contribution in [0.15, 0.2) is 75.0 Å². The molecule has 1 aliphatic heterocycles. The molecule has 0 unspecified atom stereocenters. The normalized spacial score (nSPS) is 16.4. The summed E-state index contributed by atoms with van der Waals surface area (Å²) < 4.78 is 18.8. The number of nitriles is 1. The van der Waals surface area contributed by atoms with E-state index in [4.69, 9.17) is 9.68 Å². The molecule has 0 saturated carbocycles. The topological polar surface area (TPSA) is 78.4 Å². The van der Waals surface area contributed by atoms with Crippen LogP contribution in [0.5, 0.6) is 0 Å². The average Bonchev–Trinajstić information content (AvgIpc) is 3.31. The lowest BCUT2D eigenvalue weighted by molar-refractivity contribution is -0.115. The third-order valence-corrected chi connectivity index (χ3v) is 4.82. The van der Waals surface area contributed by atoms with E-state index in [0.29, 0.717) is 32.8 Å². The van der Waals surface area contributed by atoms with Gasteiger partial charge >= 0.3 is 0 Å². The number of amidine groups is 1. The Balaban J connectivity index is 1.53. The number of nitrogens with one attached hydrogen (secondary N) is 1. The molecule has 1 N–H and O–H groups in total. The lowest BCUT2D eigenvalue weighted by atomic mass is 10.1. The van der Waals surface area contributed by atoms with Crippen LogP contribution >= 0.6 is 11.8 Å². The largest absolute Gasteiger partial charge is 0.457 e. The van der Waals surface area contributed by atoms with Crippen LogP contribution in [0.1, 0.15) is 11.3 Å². The van der Waals surface area contributed by atoms with Crippen LogP contribution in [0.4, 0.5) is 10.1 Å². The van der Waals surface area contributed by atoms with Gasteiger partial charge in [0.2, 0.25) is 0 Å². The van der Waals surface area contributed by atoms with Crippen LogP contribution in [0.3, 0.4) is 0 Å². The van der Waals surface area contributed by atoms with E-state index in [9.17, 15) is 9.18 Å². The minimum atomic E-state index is -0.344. The van der Waals surface area contributed by atoms with Crippen molar-refractivity contribution in [3.05, 3.63) is 82.7 Å². The number of carbonyl (C=O) groups is 1. The highest BCUT2D eigenvalue weighted by atomic mass is 32.2. The van der Waals surface area contributed by atoms with Crippen molar-refractivity contribution in [1.29, 1.82) is 5.26 Å². The highest BCUT2D eigenvalue weighted by Crippen LogP contribution is 2.30. The van der Waals surface area contributed by atoms with Crippen molar-refractivity contribution in [2.45, 2.75) is 0 Å². The summed E-state index contributed by atoms with van der Waals surface area (Å²) in [7, 11) is 0. The van der Waals surface area contributed by atoms with Crippen LogP contribution in [-0.4, -0.2) is 11.1 Å². The van der Waals surface area contributed by atoms with Gasteiger partial charge in [-0.15, -0.1) is 0 Å². The fraction of sp³-hybridized carbons (Fsp3) is 0. The summed E-state index contributed by atoms with van der Waals surface area (Å²) in [5.74, 6) is 0.547. The van der Waals surface area contributed by atoms with Crippen LogP contribution in [0.25, 0.3) is 17.4 Å². The number of thioether (sulfide) groups is 1. The summed E-state index contributed by atoms with van der Waals surface area (Å²) in [6.07, 6.45) is 1.64. The van der Waals surface area contributed by atoms with E-state index in [-0.39, 0.29) is 11.7 Å². The predicted molar refractivity (Wildman–Crippen MR) is 106 cm³/mol. The minimum Gasteiger partial charge on any atom is -0.457 e. The number of aliphatic imine (C=N–C) groups is 1. The molecule has 2 heterocycles. The summed E-state index contributed by atoms with van der Waals surface area (Å²) in [5, 5.41) is 12.0. The highest BCUT2D eigenvalue weighted by Gasteiger charge is 2.24. The van der Waals surface area contributed by atoms with Gasteiger partial charge in [-0.2, -0.15) is 5.26 Å². The zero-order valence-corrected chi connectivity index (χ0v) is 15.2. The second kappa shape index (κ2) is 7.55. The molecule has 1 amide bonds. The van der Waals surface area contributed by atoms with Gasteiger partial charge in [-0.05, 0) is 72.4 Å². The fourth-order valence-electron chi connectivity index (χ4n) is 2.54. The lowest BCUT2D eigenvalue weighted by Crippen LogP contribution is -2.19. The van der Waals surface area contributed by atoms with Gasteiger partial charge in [0.15, 0.2) is 5.17 Å². The minimum absolute atomic E-state index is 0.276. The Morgan fingerprint density at radius 3 is 2.54 bits per heavy atom. The highest BCUT2D eigenvalue weighted by molar-refractivity contribution is 8.18. The van der Waals surface area contributed by atoms with Crippen LogP contribution in [0, 0.1) is 17.1 Å². The number of carbonyl (C=O) groups excluding carboxylic acids is 1. The Bertz CT molecular complexity index is 1140. The van der Waals surface area contributed by atoms with Gasteiger partial charge in [-0.1, -0.05) is 0 Å². The number of furan rings is 1. The average molecular weight is 389 g/mol. The Kier molecular flexibility index (Phi) is 4.79. The Labute approximate surface area is 164 Å². The monoisotopic (exact) mass is 389 g/mol. The van der Waals surface area contributed by atoms with E-state index in [1.54, 1.807) is 42.5 Å². The van der Waals surface area contributed by atoms with Crippen molar-refractivity contribution < 1.29 is 13.6 Å². The van der Waals surface area contributed by atoms with E-state index in [1.807, 2.05) is 0 Å². The molecule has 1 aliphatic rings. The van der Waals surface area contributed by atoms with Gasteiger partial charge in [-0.3, -0.25) is 4.79 Å². The van der Waals surface area contributed by atoms with Gasteiger partial charge in [0.25, 0.3) is 5.91 Å². The number of hydrogen-bond donors (Lipinski definition) is 1. The maximum Gasteiger partial charge on any atom is 0.264 e. The SMILES string of the molecule is N#Cc1ccc(-c2ccc(/C=C3\SC(=Nc4ccc(F)cc4)NC3=O)o2)cc1. The summed E-state index contributed by atoms with van der Waals surface area (Å²) in [6, 6.07) is 18.4. The fourth-order valence-corrected chi connectivity index (χ4v) is 3.36. The molecule has 1 saturated heterocycles. The predicted octanol–water partition coefficient (Wildman–Crippen LogP) is 4.85. The molecule has 136 valence electrons. The van der Waals surface area contributed by atoms with Gasteiger partial charge in [0, 0.05) is 11.6 Å². The Morgan fingerprint density at radius 1 is 1.07 bits per heavy atom. The molecule has 3 aromatic rings. The van der Waals surface area contributed by atoms with Crippen LogP contribution in [0.2, 0.25) is 0 Å². The summed E-state index contributed by atoms with van der Waals surface area (Å²) in [6.45, 7) is 0. The zero-order valence-electron chi connectivity index (χ0n) is 14.3. The number of hydrogen-bond acceptors (Lipinski definition) is 5. The number of amides is 1. The van der Waals surface area contributed by atoms with E-state index < -0.39 is 0 Å². The molecular formula is C21H12FN3O2S. The molecule has 0 aliphatic carbocycles. The number of benzene rings is 2. The van der Waals surface area contributed by atoms with Gasteiger partial charge in [0.1, 0.15) is 17.3 Å². The number of nitrogens with zero attached hydrogens (tertiary/aromatic N) is 2. The molecule has 28 heavy (non-hydrogen) atoms. The quantitative estimate of drug-likeness (QED) is 0.650. The Hall–Kier alpha value is -3.63. The van der Waals surface area contributed by atoms with E-state index in [0.717, 1.165) is 5.56 Å². The van der Waals surface area contributed by atoms with Crippen molar-refractivity contribution in [1.82, 2.24) is 5.32 Å². The van der Waals surface area contributed by atoms with Crippen molar-refractivity contribution in [2.24, 2.45) is 4.99 Å². The molecule has 0 bridgehead atoms. The van der Waals surface area contributed by atoms with E-state index >= 15 is 0 Å². The van der Waals surface area contributed by atoms with Crippen molar-refractivity contribution in [3.8, 4) is 17.4 Å². The first-order valence-electron chi connectivity index (χ1n) is 8.26. The van der Waals surface area contributed by atoms with Crippen molar-refractivity contribution in [3.63, 3.8) is 0 Å². The number of halogens is 1. The van der Waals surface area contributed by atoms with Crippen molar-refractivity contribution >= 4 is 34.6 Å². The standard InChI is InChI=1S/C21H12FN3O2S/c22-15-5-7-16(8-6-15)24-21-25-20(26)19(28-21)11-17-9-10-18(27-17)14-3-1-13(12-23)2-4-14/h1-11H,(H,24,25,26)/b19-11-. The summed E-state index contributed by atoms with van der Waals surface area (Å²) in [4.78, 5) is 16.9. The van der Waals surface area contributed by atoms with Gasteiger partial charge < -0.3 is 9.73 Å². The van der Waals surface area contributed by atoms with Gasteiger partial charge in [0.05, 0.1) is 22.2 Å². The molecule has 5 nitrogen and oxygen atoms in total. The molecule has 1 fully saturated rings. The lowest BCUT2D eigenvalue weighted by Gasteiger charge is -1.96. The van der Waals surface area contributed by atoms with E-state index in [1.165, 1.54) is 36.0 Å². The maximum absolute atomic E-state index is 13.0. The molecule has 0 atom stereocenters. The maximum atomic E-state index is 13.0. The first-order chi connectivity index (χ1) is 13.6. The van der Waals surface area contributed by atoms with Crippen LogP contribution < -0.4 is 5.32 Å². The molecule has 4 rings (SSSR count). The smallest absolute Gasteiger partial charge is 0.264 e. The summed E-state index contributed by atoms with van der Waals surface area (Å²) >= 11 is 1.18. The first kappa shape index (κ1) is 17.8. The molecule has 1 aromatic heterocycles. The third-order valence-electron chi connectivity index (χ3n) is 3.91. The molecule has 0 spiro atoms.